The third kappa shape index (κ3) is 1.06. The fraction of sp³-hybridized carbons (Fsp3) is 0.571. The molecule has 11 heavy (non-hydrogen) atoms. The molecule has 3 nitrogen and oxygen atoms in total. The molecule has 0 spiro atoms. The Bertz CT molecular complexity index is 244. The molecule has 4 heteroatoms. The number of carbonyl (C=O) groups is 1. The molecule has 0 N–H and O–H groups in total. The van der Waals surface area contributed by atoms with Crippen LogP contribution in [0.25, 0.3) is 0 Å². The summed E-state index contributed by atoms with van der Waals surface area (Å²) in [6.45, 7) is 3.59. The van der Waals surface area contributed by atoms with E-state index in [9.17, 15) is 4.79 Å². The lowest BCUT2D eigenvalue weighted by molar-refractivity contribution is -0.145. The van der Waals surface area contributed by atoms with Crippen LogP contribution in [0.3, 0.4) is 0 Å². The highest BCUT2D eigenvalue weighted by molar-refractivity contribution is 8.16. The average molecular weight is 172 g/mol. The van der Waals surface area contributed by atoms with E-state index in [0.717, 1.165) is 11.8 Å². The molecule has 2 rings (SSSR count). The Morgan fingerprint density at radius 1 is 1.64 bits per heavy atom. The van der Waals surface area contributed by atoms with E-state index in [0.29, 0.717) is 5.76 Å². The first-order chi connectivity index (χ1) is 5.08. The van der Waals surface area contributed by atoms with Crippen LogP contribution >= 0.6 is 11.8 Å². The fourth-order valence-corrected chi connectivity index (χ4v) is 1.82. The summed E-state index contributed by atoms with van der Waals surface area (Å²) < 4.78 is 10.7. The zero-order valence-corrected chi connectivity index (χ0v) is 7.10. The molecule has 1 atom stereocenters. The SMILES string of the molecule is CC1(C)OC2=CSC(=O)[C@H]2O1. The quantitative estimate of drug-likeness (QED) is 0.551. The van der Waals surface area contributed by atoms with E-state index in [1.54, 1.807) is 19.3 Å². The van der Waals surface area contributed by atoms with Crippen molar-refractivity contribution in [2.45, 2.75) is 25.7 Å². The Labute approximate surface area is 68.7 Å². The summed E-state index contributed by atoms with van der Waals surface area (Å²) in [4.78, 5) is 11.0. The molecule has 0 amide bonds. The van der Waals surface area contributed by atoms with Crippen LogP contribution in [0.1, 0.15) is 13.8 Å². The largest absolute Gasteiger partial charge is 0.463 e. The van der Waals surface area contributed by atoms with E-state index in [-0.39, 0.29) is 5.12 Å². The van der Waals surface area contributed by atoms with Crippen molar-refractivity contribution >= 4 is 16.9 Å². The van der Waals surface area contributed by atoms with Gasteiger partial charge in [-0.3, -0.25) is 4.79 Å². The van der Waals surface area contributed by atoms with Crippen molar-refractivity contribution in [3.05, 3.63) is 11.2 Å². The predicted molar refractivity (Wildman–Crippen MR) is 40.7 cm³/mol. The lowest BCUT2D eigenvalue weighted by atomic mass is 10.3. The van der Waals surface area contributed by atoms with E-state index in [2.05, 4.69) is 0 Å². The topological polar surface area (TPSA) is 35.5 Å². The summed E-state index contributed by atoms with van der Waals surface area (Å²) in [7, 11) is 0. The standard InChI is InChI=1S/C7H8O3S/c1-7(2)9-4-3-11-6(8)5(4)10-7/h3,5H,1-2H3/t5-/m0/s1. The van der Waals surface area contributed by atoms with Crippen molar-refractivity contribution in [1.82, 2.24) is 0 Å². The summed E-state index contributed by atoms with van der Waals surface area (Å²) in [6.07, 6.45) is -0.449. The van der Waals surface area contributed by atoms with Crippen molar-refractivity contribution in [3.63, 3.8) is 0 Å². The molecule has 0 aromatic carbocycles. The van der Waals surface area contributed by atoms with E-state index in [1.807, 2.05) is 0 Å². The van der Waals surface area contributed by atoms with Gasteiger partial charge in [-0.05, 0) is 0 Å². The van der Waals surface area contributed by atoms with Crippen LogP contribution in [-0.4, -0.2) is 17.0 Å². The zero-order chi connectivity index (χ0) is 8.06. The molecule has 0 unspecified atom stereocenters. The maximum atomic E-state index is 11.0. The molecular formula is C7H8O3S. The molecule has 2 aliphatic heterocycles. The number of thioether (sulfide) groups is 1. The second-order valence-electron chi connectivity index (χ2n) is 2.96. The predicted octanol–water partition coefficient (Wildman–Crippen LogP) is 1.25. The Morgan fingerprint density at radius 2 is 2.36 bits per heavy atom. The van der Waals surface area contributed by atoms with Gasteiger partial charge in [0.2, 0.25) is 10.9 Å². The molecule has 0 radical (unpaired) electrons. The Kier molecular flexibility index (Phi) is 1.32. The van der Waals surface area contributed by atoms with E-state index in [4.69, 9.17) is 9.47 Å². The van der Waals surface area contributed by atoms with Crippen LogP contribution in [-0.2, 0) is 14.3 Å². The zero-order valence-electron chi connectivity index (χ0n) is 6.29. The molecule has 2 aliphatic rings. The van der Waals surface area contributed by atoms with Crippen molar-refractivity contribution in [2.24, 2.45) is 0 Å². The van der Waals surface area contributed by atoms with Crippen LogP contribution in [0, 0.1) is 0 Å². The molecule has 60 valence electrons. The monoisotopic (exact) mass is 172 g/mol. The van der Waals surface area contributed by atoms with Crippen LogP contribution in [0.4, 0.5) is 0 Å². The minimum atomic E-state index is -0.632. The second kappa shape index (κ2) is 2.01. The minimum Gasteiger partial charge on any atom is -0.463 e. The van der Waals surface area contributed by atoms with Crippen molar-refractivity contribution in [3.8, 4) is 0 Å². The number of carbonyl (C=O) groups excluding carboxylic acids is 1. The average Bonchev–Trinajstić information content (AvgIpc) is 2.31. The number of hydrogen-bond acceptors (Lipinski definition) is 4. The molecular weight excluding hydrogens is 164 g/mol. The molecule has 2 heterocycles. The normalized spacial score (nSPS) is 33.1. The lowest BCUT2D eigenvalue weighted by Crippen LogP contribution is -2.23. The number of ether oxygens (including phenoxy) is 2. The van der Waals surface area contributed by atoms with Gasteiger partial charge in [0.1, 0.15) is 5.76 Å². The maximum absolute atomic E-state index is 11.0. The molecule has 0 aliphatic carbocycles. The van der Waals surface area contributed by atoms with Crippen LogP contribution in [0.5, 0.6) is 0 Å². The first-order valence-corrected chi connectivity index (χ1v) is 4.24. The number of hydrogen-bond donors (Lipinski definition) is 0. The van der Waals surface area contributed by atoms with Gasteiger partial charge in [0.25, 0.3) is 0 Å². The molecule has 0 bridgehead atoms. The van der Waals surface area contributed by atoms with E-state index in [1.165, 1.54) is 0 Å². The Morgan fingerprint density at radius 3 is 3.00 bits per heavy atom. The summed E-state index contributed by atoms with van der Waals surface area (Å²) in [5.41, 5.74) is 0. The fourth-order valence-electron chi connectivity index (χ4n) is 1.13. The summed E-state index contributed by atoms with van der Waals surface area (Å²) in [5.74, 6) is 0.0256. The molecule has 0 aromatic rings. The number of fused-ring (bicyclic) bond motifs is 1. The number of rotatable bonds is 0. The summed E-state index contributed by atoms with van der Waals surface area (Å²) >= 11 is 1.14. The van der Waals surface area contributed by atoms with Crippen molar-refractivity contribution < 1.29 is 14.3 Å². The maximum Gasteiger partial charge on any atom is 0.229 e. The van der Waals surface area contributed by atoms with Crippen LogP contribution in [0.2, 0.25) is 0 Å². The third-order valence-corrected chi connectivity index (χ3v) is 2.33. The van der Waals surface area contributed by atoms with Gasteiger partial charge < -0.3 is 9.47 Å². The highest BCUT2D eigenvalue weighted by atomic mass is 32.2. The third-order valence-electron chi connectivity index (χ3n) is 1.53. The molecule has 0 aromatic heterocycles. The minimum absolute atomic E-state index is 0.0191. The van der Waals surface area contributed by atoms with Gasteiger partial charge in [-0.15, -0.1) is 0 Å². The summed E-state index contributed by atoms with van der Waals surface area (Å²) in [5, 5.41) is 1.73. The lowest BCUT2D eigenvalue weighted by Gasteiger charge is -2.16. The first kappa shape index (κ1) is 7.18. The molecule has 1 saturated heterocycles. The van der Waals surface area contributed by atoms with Crippen LogP contribution in [0.15, 0.2) is 11.2 Å². The van der Waals surface area contributed by atoms with Gasteiger partial charge in [0, 0.05) is 19.3 Å². The van der Waals surface area contributed by atoms with E-state index < -0.39 is 11.9 Å². The van der Waals surface area contributed by atoms with Gasteiger partial charge in [-0.25, -0.2) is 0 Å². The van der Waals surface area contributed by atoms with Crippen molar-refractivity contribution in [1.29, 1.82) is 0 Å². The van der Waals surface area contributed by atoms with E-state index >= 15 is 0 Å². The highest BCUT2D eigenvalue weighted by Crippen LogP contribution is 2.39. The highest BCUT2D eigenvalue weighted by Gasteiger charge is 2.45. The summed E-state index contributed by atoms with van der Waals surface area (Å²) in [6, 6.07) is 0. The Balaban J connectivity index is 2.26. The van der Waals surface area contributed by atoms with Gasteiger partial charge in [0.15, 0.2) is 6.10 Å². The second-order valence-corrected chi connectivity index (χ2v) is 3.83. The Hall–Kier alpha value is -0.480. The smallest absolute Gasteiger partial charge is 0.229 e. The van der Waals surface area contributed by atoms with Crippen LogP contribution < -0.4 is 0 Å². The van der Waals surface area contributed by atoms with Gasteiger partial charge >= 0.3 is 0 Å². The molecule has 0 saturated carbocycles. The van der Waals surface area contributed by atoms with Crippen molar-refractivity contribution in [2.75, 3.05) is 0 Å². The molecule has 1 fully saturated rings. The van der Waals surface area contributed by atoms with Gasteiger partial charge in [0.05, 0.1) is 0 Å². The van der Waals surface area contributed by atoms with Gasteiger partial charge in [-0.2, -0.15) is 0 Å². The first-order valence-electron chi connectivity index (χ1n) is 3.36. The van der Waals surface area contributed by atoms with Gasteiger partial charge in [-0.1, -0.05) is 11.8 Å².